The molecule has 1 aliphatic heterocycles. The molecule has 23 heavy (non-hydrogen) atoms. The van der Waals surface area contributed by atoms with Gasteiger partial charge in [0.25, 0.3) is 10.0 Å². The Morgan fingerprint density at radius 3 is 2.78 bits per heavy atom. The number of hydrogen-bond donors (Lipinski definition) is 2. The number of carbonyl (C=O) groups is 1. The molecular weight excluding hydrogens is 334 g/mol. The van der Waals surface area contributed by atoms with Crippen LogP contribution in [-0.4, -0.2) is 20.1 Å². The second kappa shape index (κ2) is 5.95. The first kappa shape index (κ1) is 15.4. The zero-order valence-electron chi connectivity index (χ0n) is 11.7. The second-order valence-electron chi connectivity index (χ2n) is 4.76. The Balaban J connectivity index is 1.94. The summed E-state index contributed by atoms with van der Waals surface area (Å²) in [5, 5.41) is 11.7. The molecule has 0 radical (unpaired) electrons. The lowest BCUT2D eigenvalue weighted by molar-refractivity contribution is -0.113. The van der Waals surface area contributed by atoms with Gasteiger partial charge < -0.3 is 5.32 Å². The predicted octanol–water partition coefficient (Wildman–Crippen LogP) is 2.40. The van der Waals surface area contributed by atoms with Crippen molar-refractivity contribution in [3.8, 4) is 6.07 Å². The van der Waals surface area contributed by atoms with Crippen molar-refractivity contribution in [1.82, 2.24) is 0 Å². The van der Waals surface area contributed by atoms with E-state index in [1.807, 2.05) is 6.07 Å². The van der Waals surface area contributed by atoms with Gasteiger partial charge in [0.05, 0.1) is 22.7 Å². The molecule has 0 saturated heterocycles. The van der Waals surface area contributed by atoms with Crippen molar-refractivity contribution in [3.05, 3.63) is 48.0 Å². The smallest absolute Gasteiger partial charge is 0.263 e. The third kappa shape index (κ3) is 3.16. The maximum absolute atomic E-state index is 12.5. The van der Waals surface area contributed by atoms with Gasteiger partial charge in [-0.3, -0.25) is 9.52 Å². The fourth-order valence-electron chi connectivity index (χ4n) is 2.15. The van der Waals surface area contributed by atoms with Crippen LogP contribution in [0, 0.1) is 11.3 Å². The molecule has 0 atom stereocenters. The summed E-state index contributed by atoms with van der Waals surface area (Å²) in [5.41, 5.74) is 0.959. The van der Waals surface area contributed by atoms with Crippen molar-refractivity contribution >= 4 is 39.1 Å². The van der Waals surface area contributed by atoms with Crippen LogP contribution in [0.5, 0.6) is 0 Å². The zero-order valence-corrected chi connectivity index (χ0v) is 13.4. The zero-order chi connectivity index (χ0) is 16.4. The summed E-state index contributed by atoms with van der Waals surface area (Å²) in [7, 11) is -3.89. The van der Waals surface area contributed by atoms with Crippen molar-refractivity contribution in [1.29, 1.82) is 5.26 Å². The van der Waals surface area contributed by atoms with Crippen molar-refractivity contribution in [2.45, 2.75) is 9.79 Å². The Morgan fingerprint density at radius 1 is 1.22 bits per heavy atom. The number of nitriles is 1. The standard InChI is InChI=1S/C15H11N3O3S2/c16-8-10-3-1-2-4-14(10)23(20,21)18-11-5-6-13-12(7-11)17-15(19)9-22-13/h1-7,18H,9H2,(H,17,19). The van der Waals surface area contributed by atoms with Crippen LogP contribution in [0.15, 0.2) is 52.3 Å². The summed E-state index contributed by atoms with van der Waals surface area (Å²) in [4.78, 5) is 12.2. The number of thioether (sulfide) groups is 1. The summed E-state index contributed by atoms with van der Waals surface area (Å²) in [6.07, 6.45) is 0. The first-order valence-corrected chi connectivity index (χ1v) is 9.05. The van der Waals surface area contributed by atoms with Crippen LogP contribution in [0.1, 0.15) is 5.56 Å². The molecular formula is C15H11N3O3S2. The lowest BCUT2D eigenvalue weighted by atomic mass is 10.2. The third-order valence-corrected chi connectivity index (χ3v) is 5.67. The topological polar surface area (TPSA) is 99.1 Å². The molecule has 0 bridgehead atoms. The highest BCUT2D eigenvalue weighted by Gasteiger charge is 2.20. The van der Waals surface area contributed by atoms with Gasteiger partial charge >= 0.3 is 0 Å². The molecule has 0 aromatic heterocycles. The Hall–Kier alpha value is -2.50. The Morgan fingerprint density at radius 2 is 2.00 bits per heavy atom. The normalized spacial score (nSPS) is 13.6. The van der Waals surface area contributed by atoms with E-state index in [1.54, 1.807) is 30.3 Å². The molecule has 116 valence electrons. The van der Waals surface area contributed by atoms with Crippen LogP contribution in [0.25, 0.3) is 0 Å². The van der Waals surface area contributed by atoms with Crippen molar-refractivity contribution < 1.29 is 13.2 Å². The summed E-state index contributed by atoms with van der Waals surface area (Å²) < 4.78 is 27.4. The fourth-order valence-corrected chi connectivity index (χ4v) is 4.15. The van der Waals surface area contributed by atoms with E-state index in [0.717, 1.165) is 4.90 Å². The number of nitrogens with one attached hydrogen (secondary N) is 2. The SMILES string of the molecule is N#Cc1ccccc1S(=O)(=O)Nc1ccc2c(c1)NC(=O)CS2. The Labute approximate surface area is 137 Å². The van der Waals surface area contributed by atoms with Crippen LogP contribution < -0.4 is 10.0 Å². The van der Waals surface area contributed by atoms with E-state index >= 15 is 0 Å². The summed E-state index contributed by atoms with van der Waals surface area (Å²) in [6, 6.07) is 12.8. The minimum Gasteiger partial charge on any atom is -0.324 e. The van der Waals surface area contributed by atoms with Gasteiger partial charge in [0.1, 0.15) is 11.0 Å². The number of sulfonamides is 1. The number of amides is 1. The molecule has 0 saturated carbocycles. The molecule has 2 aromatic carbocycles. The minimum atomic E-state index is -3.89. The fraction of sp³-hybridized carbons (Fsp3) is 0.0667. The van der Waals surface area contributed by atoms with Crippen molar-refractivity contribution in [3.63, 3.8) is 0 Å². The molecule has 0 spiro atoms. The molecule has 2 aromatic rings. The van der Waals surface area contributed by atoms with E-state index in [9.17, 15) is 13.2 Å². The summed E-state index contributed by atoms with van der Waals surface area (Å²) in [6.45, 7) is 0. The van der Waals surface area contributed by atoms with E-state index in [0.29, 0.717) is 17.1 Å². The molecule has 2 N–H and O–H groups in total. The first-order chi connectivity index (χ1) is 11.0. The predicted molar refractivity (Wildman–Crippen MR) is 87.8 cm³/mol. The monoisotopic (exact) mass is 345 g/mol. The molecule has 0 fully saturated rings. The van der Waals surface area contributed by atoms with Gasteiger partial charge in [0, 0.05) is 4.90 Å². The maximum Gasteiger partial charge on any atom is 0.263 e. The van der Waals surface area contributed by atoms with E-state index in [1.165, 1.54) is 23.9 Å². The molecule has 1 heterocycles. The van der Waals surface area contributed by atoms with E-state index in [4.69, 9.17) is 5.26 Å². The van der Waals surface area contributed by atoms with E-state index in [2.05, 4.69) is 10.0 Å². The molecule has 1 aliphatic rings. The highest BCUT2D eigenvalue weighted by Crippen LogP contribution is 2.34. The Kier molecular flexibility index (Phi) is 3.98. The molecule has 6 nitrogen and oxygen atoms in total. The molecule has 8 heteroatoms. The number of anilines is 2. The van der Waals surface area contributed by atoms with E-state index < -0.39 is 10.0 Å². The van der Waals surface area contributed by atoms with Crippen LogP contribution in [0.2, 0.25) is 0 Å². The summed E-state index contributed by atoms with van der Waals surface area (Å²) in [5.74, 6) is 0.213. The lowest BCUT2D eigenvalue weighted by Crippen LogP contribution is -2.19. The van der Waals surface area contributed by atoms with Gasteiger partial charge in [0.2, 0.25) is 5.91 Å². The maximum atomic E-state index is 12.5. The third-order valence-electron chi connectivity index (χ3n) is 3.16. The molecule has 1 amide bonds. The minimum absolute atomic E-state index is 0.0711. The number of hydrogen-bond acceptors (Lipinski definition) is 5. The van der Waals surface area contributed by atoms with Crippen LogP contribution in [0.4, 0.5) is 11.4 Å². The molecule has 3 rings (SSSR count). The average molecular weight is 345 g/mol. The quantitative estimate of drug-likeness (QED) is 0.890. The van der Waals surface area contributed by atoms with Crippen molar-refractivity contribution in [2.24, 2.45) is 0 Å². The highest BCUT2D eigenvalue weighted by molar-refractivity contribution is 8.00. The van der Waals surface area contributed by atoms with Crippen LogP contribution in [-0.2, 0) is 14.8 Å². The van der Waals surface area contributed by atoms with Gasteiger partial charge in [-0.05, 0) is 30.3 Å². The van der Waals surface area contributed by atoms with Gasteiger partial charge in [0.15, 0.2) is 0 Å². The number of carbonyl (C=O) groups excluding carboxylic acids is 1. The molecule has 0 aliphatic carbocycles. The molecule has 0 unspecified atom stereocenters. The lowest BCUT2D eigenvalue weighted by Gasteiger charge is -2.17. The van der Waals surface area contributed by atoms with Crippen molar-refractivity contribution in [2.75, 3.05) is 15.8 Å². The average Bonchev–Trinajstić information content (AvgIpc) is 2.54. The summed E-state index contributed by atoms with van der Waals surface area (Å²) >= 11 is 1.39. The number of fused-ring (bicyclic) bond motifs is 1. The largest absolute Gasteiger partial charge is 0.324 e. The van der Waals surface area contributed by atoms with Gasteiger partial charge in [-0.1, -0.05) is 12.1 Å². The number of rotatable bonds is 3. The van der Waals surface area contributed by atoms with Crippen LogP contribution in [0.3, 0.4) is 0 Å². The highest BCUT2D eigenvalue weighted by atomic mass is 32.2. The van der Waals surface area contributed by atoms with Gasteiger partial charge in [-0.15, -0.1) is 11.8 Å². The number of nitrogens with zero attached hydrogens (tertiary/aromatic N) is 1. The van der Waals surface area contributed by atoms with Crippen LogP contribution >= 0.6 is 11.8 Å². The Bertz CT molecular complexity index is 933. The second-order valence-corrected chi connectivity index (χ2v) is 7.43. The number of benzene rings is 2. The van der Waals surface area contributed by atoms with Gasteiger partial charge in [-0.25, -0.2) is 8.42 Å². The van der Waals surface area contributed by atoms with E-state index in [-0.39, 0.29) is 16.4 Å². The van der Waals surface area contributed by atoms with Gasteiger partial charge in [-0.2, -0.15) is 5.26 Å². The first-order valence-electron chi connectivity index (χ1n) is 6.58.